The van der Waals surface area contributed by atoms with Crippen LogP contribution in [0.2, 0.25) is 0 Å². The molecule has 1 aliphatic carbocycles. The number of hydrogen-bond acceptors (Lipinski definition) is 3. The van der Waals surface area contributed by atoms with Gasteiger partial charge in [-0.05, 0) is 43.9 Å². The van der Waals surface area contributed by atoms with Gasteiger partial charge < -0.3 is 10.3 Å². The van der Waals surface area contributed by atoms with E-state index in [0.717, 1.165) is 53.5 Å². The van der Waals surface area contributed by atoms with Crippen molar-refractivity contribution in [1.82, 2.24) is 14.8 Å². The molecular weight excluding hydrogens is 344 g/mol. The molecule has 6 heteroatoms. The minimum Gasteiger partial charge on any atom is -0.357 e. The molecule has 3 heterocycles. The van der Waals surface area contributed by atoms with Crippen molar-refractivity contribution >= 4 is 34.4 Å². The lowest BCUT2D eigenvalue weighted by Gasteiger charge is -2.22. The average Bonchev–Trinajstić information content (AvgIpc) is 3.29. The van der Waals surface area contributed by atoms with E-state index in [9.17, 15) is 4.79 Å². The quantitative estimate of drug-likeness (QED) is 0.720. The molecule has 5 nitrogen and oxygen atoms in total. The van der Waals surface area contributed by atoms with Crippen molar-refractivity contribution in [2.45, 2.75) is 43.6 Å². The summed E-state index contributed by atoms with van der Waals surface area (Å²) in [7, 11) is 1.91. The van der Waals surface area contributed by atoms with Gasteiger partial charge >= 0.3 is 0 Å². The van der Waals surface area contributed by atoms with Gasteiger partial charge in [-0.15, -0.1) is 0 Å². The zero-order valence-corrected chi connectivity index (χ0v) is 15.9. The number of hydrogen-bond donors (Lipinski definition) is 2. The summed E-state index contributed by atoms with van der Waals surface area (Å²) in [6.45, 7) is 2.12. The molecule has 1 aliphatic heterocycles. The van der Waals surface area contributed by atoms with E-state index in [1.807, 2.05) is 23.5 Å². The molecule has 0 saturated carbocycles. The maximum atomic E-state index is 13.1. The maximum absolute atomic E-state index is 13.1. The van der Waals surface area contributed by atoms with Crippen molar-refractivity contribution in [2.24, 2.45) is 7.05 Å². The predicted molar refractivity (Wildman–Crippen MR) is 106 cm³/mol. The van der Waals surface area contributed by atoms with Crippen LogP contribution in [0.5, 0.6) is 0 Å². The van der Waals surface area contributed by atoms with Crippen LogP contribution in [0.1, 0.15) is 46.8 Å². The lowest BCUT2D eigenvalue weighted by atomic mass is 9.86. The fourth-order valence-corrected chi connectivity index (χ4v) is 5.37. The van der Waals surface area contributed by atoms with Crippen molar-refractivity contribution in [3.05, 3.63) is 46.3 Å². The third-order valence-corrected chi connectivity index (χ3v) is 6.60. The molecule has 1 aromatic carbocycles. The fourth-order valence-electron chi connectivity index (χ4n) is 4.34. The topological polar surface area (TPSA) is 62.7 Å². The Hall–Kier alpha value is -2.21. The highest BCUT2D eigenvalue weighted by molar-refractivity contribution is 7.98. The van der Waals surface area contributed by atoms with Crippen LogP contribution in [0, 0.1) is 6.92 Å². The van der Waals surface area contributed by atoms with E-state index in [0.29, 0.717) is 0 Å². The normalized spacial score (nSPS) is 18.8. The van der Waals surface area contributed by atoms with Crippen LogP contribution in [-0.2, 0) is 29.8 Å². The lowest BCUT2D eigenvalue weighted by molar-refractivity contribution is -0.118. The highest BCUT2D eigenvalue weighted by atomic mass is 32.2. The lowest BCUT2D eigenvalue weighted by Crippen LogP contribution is -2.26. The van der Waals surface area contributed by atoms with E-state index < -0.39 is 0 Å². The van der Waals surface area contributed by atoms with E-state index in [2.05, 4.69) is 40.5 Å². The minimum absolute atomic E-state index is 0.0805. The number of nitrogens with one attached hydrogen (secondary N) is 2. The number of fused-ring (bicyclic) bond motifs is 4. The largest absolute Gasteiger partial charge is 0.357 e. The van der Waals surface area contributed by atoms with E-state index >= 15 is 0 Å². The smallest absolute Gasteiger partial charge is 0.234 e. The summed E-state index contributed by atoms with van der Waals surface area (Å²) in [6.07, 6.45) is 2.98. The number of aromatic nitrogens is 3. The Balaban J connectivity index is 1.50. The summed E-state index contributed by atoms with van der Waals surface area (Å²) in [6, 6.07) is 6.48. The summed E-state index contributed by atoms with van der Waals surface area (Å²) in [4.78, 5) is 16.7. The molecule has 1 unspecified atom stereocenters. The standard InChI is InChI=1S/C20H22N4OS/c1-11-6-7-16-14(8-11)12-4-3-5-13(18(12)21-16)20(25)22-19-15-9-26-10-17(15)23-24(19)2/h6-8,13,21H,3-5,9-10H2,1-2H3,(H,22,25). The van der Waals surface area contributed by atoms with Crippen LogP contribution < -0.4 is 5.32 Å². The van der Waals surface area contributed by atoms with Crippen LogP contribution in [0.4, 0.5) is 5.82 Å². The summed E-state index contributed by atoms with van der Waals surface area (Å²) < 4.78 is 1.82. The third-order valence-electron chi connectivity index (χ3n) is 5.63. The number of benzene rings is 1. The number of nitrogens with zero attached hydrogens (tertiary/aromatic N) is 2. The molecule has 0 radical (unpaired) electrons. The molecule has 134 valence electrons. The Bertz CT molecular complexity index is 1030. The van der Waals surface area contributed by atoms with Gasteiger partial charge in [0.2, 0.25) is 5.91 Å². The molecule has 2 aliphatic rings. The van der Waals surface area contributed by atoms with Crippen molar-refractivity contribution in [3.8, 4) is 0 Å². The molecule has 3 aromatic rings. The Morgan fingerprint density at radius 3 is 3.12 bits per heavy atom. The Morgan fingerprint density at radius 1 is 1.35 bits per heavy atom. The number of aryl methyl sites for hydroxylation is 3. The number of carbonyl (C=O) groups is 1. The zero-order chi connectivity index (χ0) is 17.8. The highest BCUT2D eigenvalue weighted by Crippen LogP contribution is 2.38. The van der Waals surface area contributed by atoms with Gasteiger partial charge in [0.05, 0.1) is 11.6 Å². The molecule has 0 spiro atoms. The molecule has 1 amide bonds. The van der Waals surface area contributed by atoms with Crippen molar-refractivity contribution in [1.29, 1.82) is 0 Å². The van der Waals surface area contributed by atoms with Crippen molar-refractivity contribution in [3.63, 3.8) is 0 Å². The monoisotopic (exact) mass is 366 g/mol. The Kier molecular flexibility index (Phi) is 3.64. The number of anilines is 1. The number of rotatable bonds is 2. The average molecular weight is 366 g/mol. The summed E-state index contributed by atoms with van der Waals surface area (Å²) >= 11 is 1.85. The predicted octanol–water partition coefficient (Wildman–Crippen LogP) is 4.02. The van der Waals surface area contributed by atoms with Crippen LogP contribution in [0.3, 0.4) is 0 Å². The Labute approximate surface area is 156 Å². The van der Waals surface area contributed by atoms with Crippen molar-refractivity contribution < 1.29 is 4.79 Å². The fraction of sp³-hybridized carbons (Fsp3) is 0.400. The first-order valence-electron chi connectivity index (χ1n) is 9.16. The van der Waals surface area contributed by atoms with Crippen LogP contribution >= 0.6 is 11.8 Å². The minimum atomic E-state index is -0.119. The van der Waals surface area contributed by atoms with Gasteiger partial charge in [0.25, 0.3) is 0 Å². The number of thioether (sulfide) groups is 1. The second-order valence-corrected chi connectivity index (χ2v) is 8.38. The van der Waals surface area contributed by atoms with Gasteiger partial charge in [0.1, 0.15) is 5.82 Å². The second-order valence-electron chi connectivity index (χ2n) is 7.39. The van der Waals surface area contributed by atoms with Crippen LogP contribution in [-0.4, -0.2) is 20.7 Å². The molecule has 0 bridgehead atoms. The van der Waals surface area contributed by atoms with Gasteiger partial charge in [-0.2, -0.15) is 16.9 Å². The molecule has 2 N–H and O–H groups in total. The number of H-pyrrole nitrogens is 1. The van der Waals surface area contributed by atoms with E-state index in [1.165, 1.54) is 22.1 Å². The second kappa shape index (κ2) is 5.91. The number of amides is 1. The molecule has 0 saturated heterocycles. The first-order valence-corrected chi connectivity index (χ1v) is 10.3. The zero-order valence-electron chi connectivity index (χ0n) is 15.1. The molecule has 2 aromatic heterocycles. The SMILES string of the molecule is Cc1ccc2[nH]c3c(c2c1)CCCC3C(=O)Nc1c2c(nn1C)CSC2. The van der Waals surface area contributed by atoms with Crippen molar-refractivity contribution in [2.75, 3.05) is 5.32 Å². The van der Waals surface area contributed by atoms with Gasteiger partial charge in [-0.1, -0.05) is 11.6 Å². The molecule has 5 rings (SSSR count). The van der Waals surface area contributed by atoms with E-state index in [1.54, 1.807) is 0 Å². The number of aromatic amines is 1. The number of carbonyl (C=O) groups excluding carboxylic acids is 1. The van der Waals surface area contributed by atoms with Gasteiger partial charge in [0.15, 0.2) is 0 Å². The molecule has 26 heavy (non-hydrogen) atoms. The van der Waals surface area contributed by atoms with E-state index in [4.69, 9.17) is 0 Å². The molecular formula is C20H22N4OS. The summed E-state index contributed by atoms with van der Waals surface area (Å²) in [5.41, 5.74) is 7.11. The van der Waals surface area contributed by atoms with Crippen LogP contribution in [0.15, 0.2) is 18.2 Å². The van der Waals surface area contributed by atoms with E-state index in [-0.39, 0.29) is 11.8 Å². The first kappa shape index (κ1) is 16.0. The van der Waals surface area contributed by atoms with Crippen LogP contribution in [0.25, 0.3) is 10.9 Å². The maximum Gasteiger partial charge on any atom is 0.234 e. The first-order chi connectivity index (χ1) is 12.6. The summed E-state index contributed by atoms with van der Waals surface area (Å²) in [5.74, 6) is 2.70. The third kappa shape index (κ3) is 2.39. The van der Waals surface area contributed by atoms with Gasteiger partial charge in [-0.3, -0.25) is 9.48 Å². The Morgan fingerprint density at radius 2 is 2.23 bits per heavy atom. The molecule has 0 fully saturated rings. The van der Waals surface area contributed by atoms with Gasteiger partial charge in [0, 0.05) is 40.7 Å². The molecule has 1 atom stereocenters. The highest BCUT2D eigenvalue weighted by Gasteiger charge is 2.31. The summed E-state index contributed by atoms with van der Waals surface area (Å²) in [5, 5.41) is 9.01. The van der Waals surface area contributed by atoms with Gasteiger partial charge in [-0.25, -0.2) is 0 Å².